The van der Waals surface area contributed by atoms with Gasteiger partial charge in [0.05, 0.1) is 13.2 Å². The van der Waals surface area contributed by atoms with Crippen molar-refractivity contribution in [1.82, 2.24) is 10.2 Å². The molecule has 24 heavy (non-hydrogen) atoms. The van der Waals surface area contributed by atoms with Gasteiger partial charge in [-0.25, -0.2) is 0 Å². The molecule has 0 bridgehead atoms. The molecule has 1 aliphatic rings. The largest absolute Gasteiger partial charge is 0.383 e. The highest BCUT2D eigenvalue weighted by atomic mass is 35.5. The molecule has 1 aromatic carbocycles. The molecule has 1 aliphatic heterocycles. The molecule has 1 fully saturated rings. The van der Waals surface area contributed by atoms with E-state index < -0.39 is 0 Å². The minimum Gasteiger partial charge on any atom is -0.383 e. The second-order valence-electron chi connectivity index (χ2n) is 5.48. The Morgan fingerprint density at radius 2 is 2.08 bits per heavy atom. The third kappa shape index (κ3) is 4.93. The monoisotopic (exact) mass is 355 g/mol. The Bertz CT molecular complexity index is 527. The Morgan fingerprint density at radius 3 is 2.71 bits per heavy atom. The molecular formula is C17H26ClN3O3. The molecule has 1 aromatic rings. The van der Waals surface area contributed by atoms with E-state index in [2.05, 4.69) is 5.32 Å². The number of nitrogens with one attached hydrogen (secondary N) is 1. The number of para-hydroxylation sites is 1. The van der Waals surface area contributed by atoms with Gasteiger partial charge in [-0.2, -0.15) is 0 Å². The van der Waals surface area contributed by atoms with Crippen LogP contribution >= 0.6 is 12.4 Å². The van der Waals surface area contributed by atoms with Crippen LogP contribution in [0.2, 0.25) is 0 Å². The van der Waals surface area contributed by atoms with Crippen LogP contribution in [0, 0.1) is 0 Å². The number of carbonyl (C=O) groups excluding carboxylic acids is 2. The first-order valence-corrected chi connectivity index (χ1v) is 8.04. The summed E-state index contributed by atoms with van der Waals surface area (Å²) in [4.78, 5) is 28.5. The number of nitrogens with zero attached hydrogens (tertiary/aromatic N) is 2. The fourth-order valence-electron chi connectivity index (χ4n) is 2.86. The summed E-state index contributed by atoms with van der Waals surface area (Å²) in [6, 6.07) is 9.23. The van der Waals surface area contributed by atoms with Crippen LogP contribution < -0.4 is 10.2 Å². The van der Waals surface area contributed by atoms with Gasteiger partial charge in [-0.15, -0.1) is 12.4 Å². The summed E-state index contributed by atoms with van der Waals surface area (Å²) in [6.45, 7) is 4.49. The van der Waals surface area contributed by atoms with Crippen molar-refractivity contribution in [3.63, 3.8) is 0 Å². The maximum absolute atomic E-state index is 12.7. The molecule has 0 saturated carbocycles. The molecule has 1 heterocycles. The Kier molecular flexibility index (Phi) is 8.74. The lowest BCUT2D eigenvalue weighted by molar-refractivity contribution is -0.137. The number of benzene rings is 1. The predicted molar refractivity (Wildman–Crippen MR) is 96.6 cm³/mol. The van der Waals surface area contributed by atoms with Crippen LogP contribution in [-0.2, 0) is 14.3 Å². The van der Waals surface area contributed by atoms with Crippen LogP contribution in [0.4, 0.5) is 5.69 Å². The normalized spacial score (nSPS) is 16.8. The molecule has 1 unspecified atom stereocenters. The lowest BCUT2D eigenvalue weighted by Crippen LogP contribution is -2.48. The molecule has 0 spiro atoms. The summed E-state index contributed by atoms with van der Waals surface area (Å²) in [7, 11) is 1.62. The van der Waals surface area contributed by atoms with Crippen LogP contribution in [0.1, 0.15) is 13.3 Å². The van der Waals surface area contributed by atoms with Crippen LogP contribution in [0.3, 0.4) is 0 Å². The topological polar surface area (TPSA) is 61.9 Å². The average molecular weight is 356 g/mol. The summed E-state index contributed by atoms with van der Waals surface area (Å²) in [5.74, 6) is -0.0415. The molecule has 1 atom stereocenters. The average Bonchev–Trinajstić information content (AvgIpc) is 2.95. The zero-order valence-corrected chi connectivity index (χ0v) is 15.1. The first-order chi connectivity index (χ1) is 11.2. The highest BCUT2D eigenvalue weighted by molar-refractivity contribution is 6.01. The molecule has 1 saturated heterocycles. The molecule has 6 nitrogen and oxygen atoms in total. The van der Waals surface area contributed by atoms with E-state index in [0.29, 0.717) is 32.7 Å². The number of anilines is 1. The van der Waals surface area contributed by atoms with Crippen LogP contribution in [-0.4, -0.2) is 62.7 Å². The molecule has 134 valence electrons. The Hall–Kier alpha value is -1.63. The van der Waals surface area contributed by atoms with Gasteiger partial charge in [0.15, 0.2) is 0 Å². The second-order valence-corrected chi connectivity index (χ2v) is 5.48. The van der Waals surface area contributed by atoms with Crippen LogP contribution in [0.5, 0.6) is 0 Å². The van der Waals surface area contributed by atoms with E-state index in [1.165, 1.54) is 0 Å². The van der Waals surface area contributed by atoms with Crippen molar-refractivity contribution in [2.75, 3.05) is 44.8 Å². The Morgan fingerprint density at radius 1 is 1.38 bits per heavy atom. The fourth-order valence-corrected chi connectivity index (χ4v) is 2.86. The first-order valence-electron chi connectivity index (χ1n) is 8.04. The van der Waals surface area contributed by atoms with E-state index in [1.54, 1.807) is 16.9 Å². The molecule has 0 aliphatic carbocycles. The fraction of sp³-hybridized carbons (Fsp3) is 0.529. The number of halogens is 1. The molecule has 1 N–H and O–H groups in total. The highest BCUT2D eigenvalue weighted by Gasteiger charge is 2.37. The number of amides is 2. The van der Waals surface area contributed by atoms with Gasteiger partial charge in [-0.3, -0.25) is 9.59 Å². The van der Waals surface area contributed by atoms with Crippen molar-refractivity contribution < 1.29 is 14.3 Å². The quantitative estimate of drug-likeness (QED) is 0.714. The number of ether oxygens (including phenoxy) is 1. The van der Waals surface area contributed by atoms with Crippen molar-refractivity contribution in [2.45, 2.75) is 19.4 Å². The molecule has 2 amide bonds. The molecular weight excluding hydrogens is 330 g/mol. The van der Waals surface area contributed by atoms with Gasteiger partial charge in [0.25, 0.3) is 0 Å². The van der Waals surface area contributed by atoms with E-state index in [-0.39, 0.29) is 36.8 Å². The maximum atomic E-state index is 12.7. The highest BCUT2D eigenvalue weighted by Crippen LogP contribution is 2.24. The number of likely N-dealkylation sites (N-methyl/N-ethyl adjacent to an activating group) is 1. The van der Waals surface area contributed by atoms with Crippen LogP contribution in [0.25, 0.3) is 0 Å². The first kappa shape index (κ1) is 20.4. The Labute approximate surface area is 149 Å². The zero-order valence-electron chi connectivity index (χ0n) is 14.2. The van der Waals surface area contributed by atoms with Gasteiger partial charge in [-0.1, -0.05) is 18.2 Å². The van der Waals surface area contributed by atoms with Crippen molar-refractivity contribution >= 4 is 29.9 Å². The smallest absolute Gasteiger partial charge is 0.249 e. The molecule has 2 rings (SSSR count). The number of hydrogen-bond acceptors (Lipinski definition) is 4. The lowest BCUT2D eigenvalue weighted by atomic mass is 10.2. The van der Waals surface area contributed by atoms with E-state index in [0.717, 1.165) is 5.69 Å². The number of carbonyl (C=O) groups is 2. The van der Waals surface area contributed by atoms with E-state index in [4.69, 9.17) is 4.74 Å². The number of rotatable bonds is 8. The third-order valence-electron chi connectivity index (χ3n) is 4.04. The number of hydrogen-bond donors (Lipinski definition) is 1. The second kappa shape index (κ2) is 10.3. The molecule has 7 heteroatoms. The Balaban J connectivity index is 0.00000288. The summed E-state index contributed by atoms with van der Waals surface area (Å²) in [5.41, 5.74) is 0.890. The van der Waals surface area contributed by atoms with Crippen molar-refractivity contribution in [1.29, 1.82) is 0 Å². The van der Waals surface area contributed by atoms with Crippen molar-refractivity contribution in [3.8, 4) is 0 Å². The van der Waals surface area contributed by atoms with Gasteiger partial charge < -0.3 is 19.9 Å². The van der Waals surface area contributed by atoms with Gasteiger partial charge in [0.2, 0.25) is 11.8 Å². The van der Waals surface area contributed by atoms with E-state index in [9.17, 15) is 9.59 Å². The van der Waals surface area contributed by atoms with Gasteiger partial charge in [0, 0.05) is 32.4 Å². The van der Waals surface area contributed by atoms with E-state index >= 15 is 0 Å². The van der Waals surface area contributed by atoms with Gasteiger partial charge >= 0.3 is 0 Å². The zero-order chi connectivity index (χ0) is 16.7. The summed E-state index contributed by atoms with van der Waals surface area (Å²) >= 11 is 0. The van der Waals surface area contributed by atoms with Gasteiger partial charge in [0.1, 0.15) is 6.04 Å². The molecule has 0 radical (unpaired) electrons. The SMILES string of the molecule is CCN(C(=O)CNCCOC)C1CCN(c2ccccc2)C1=O.Cl. The number of methoxy groups -OCH3 is 1. The van der Waals surface area contributed by atoms with Crippen molar-refractivity contribution in [3.05, 3.63) is 30.3 Å². The summed E-state index contributed by atoms with van der Waals surface area (Å²) < 4.78 is 4.94. The lowest BCUT2D eigenvalue weighted by Gasteiger charge is -2.27. The minimum absolute atomic E-state index is 0. The summed E-state index contributed by atoms with van der Waals surface area (Å²) in [5, 5.41) is 3.04. The molecule has 0 aromatic heterocycles. The van der Waals surface area contributed by atoms with Crippen molar-refractivity contribution in [2.24, 2.45) is 0 Å². The third-order valence-corrected chi connectivity index (χ3v) is 4.04. The van der Waals surface area contributed by atoms with Crippen LogP contribution in [0.15, 0.2) is 30.3 Å². The standard InChI is InChI=1S/C17H25N3O3.ClH/c1-3-19(16(21)13-18-10-12-23-2)15-9-11-20(17(15)22)14-7-5-4-6-8-14;/h4-8,15,18H,3,9-13H2,1-2H3;1H. The minimum atomic E-state index is -0.364. The van der Waals surface area contributed by atoms with E-state index in [1.807, 2.05) is 37.3 Å². The predicted octanol–water partition coefficient (Wildman–Crippen LogP) is 1.30. The summed E-state index contributed by atoms with van der Waals surface area (Å²) in [6.07, 6.45) is 0.672. The van der Waals surface area contributed by atoms with Gasteiger partial charge in [-0.05, 0) is 25.5 Å². The maximum Gasteiger partial charge on any atom is 0.249 e.